The number of aromatic nitrogens is 4. The van der Waals surface area contributed by atoms with Crippen LogP contribution in [0.1, 0.15) is 88.0 Å². The fourth-order valence-corrected chi connectivity index (χ4v) is 7.60. The second-order valence-corrected chi connectivity index (χ2v) is 18.8. The predicted molar refractivity (Wildman–Crippen MR) is 248 cm³/mol. The van der Waals surface area contributed by atoms with Crippen LogP contribution in [0.4, 0.5) is 37.1 Å². The molecule has 0 unspecified atom stereocenters. The van der Waals surface area contributed by atoms with Crippen LogP contribution in [0, 0.1) is 11.8 Å². The fraction of sp³-hybridized carbons (Fsp3) is 0.489. The average molecular weight is 961 g/mol. The van der Waals surface area contributed by atoms with Crippen LogP contribution in [-0.4, -0.2) is 106 Å². The number of H-pyrrole nitrogens is 1. The summed E-state index contributed by atoms with van der Waals surface area (Å²) in [5, 5.41) is 18.9. The molecule has 20 heteroatoms. The van der Waals surface area contributed by atoms with Gasteiger partial charge in [-0.05, 0) is 124 Å². The first-order chi connectivity index (χ1) is 30.8. The Kier molecular flexibility index (Phi) is 15.3. The van der Waals surface area contributed by atoms with Gasteiger partial charge in [-0.25, -0.2) is 14.4 Å². The highest BCUT2D eigenvalue weighted by Gasteiger charge is 2.43. The molecule has 4 amide bonds. The summed E-state index contributed by atoms with van der Waals surface area (Å²) < 4.78 is 22.3. The van der Waals surface area contributed by atoms with Crippen molar-refractivity contribution in [1.82, 2.24) is 20.0 Å². The van der Waals surface area contributed by atoms with E-state index >= 15 is 0 Å². The van der Waals surface area contributed by atoms with Crippen LogP contribution in [0.3, 0.4) is 0 Å². The van der Waals surface area contributed by atoms with Crippen molar-refractivity contribution in [2.75, 3.05) is 32.7 Å². The van der Waals surface area contributed by atoms with E-state index in [1.54, 1.807) is 43.0 Å². The monoisotopic (exact) mass is 959 g/mol. The first-order valence-electron chi connectivity index (χ1n) is 21.7. The predicted octanol–water partition coefficient (Wildman–Crippen LogP) is 8.09. The molecule has 2 atom stereocenters. The molecular weight excluding hydrogens is 903 g/mol. The summed E-state index contributed by atoms with van der Waals surface area (Å²) in [5.41, 5.74) is 4.24. The summed E-state index contributed by atoms with van der Waals surface area (Å²) in [7, 11) is 0.510. The molecule has 2 aliphatic heterocycles. The average Bonchev–Trinajstić information content (AvgIpc) is 4.16. The lowest BCUT2D eigenvalue weighted by molar-refractivity contribution is -0.121. The zero-order valence-electron chi connectivity index (χ0n) is 38.2. The van der Waals surface area contributed by atoms with Crippen LogP contribution in [-0.2, 0) is 23.8 Å². The third kappa shape index (κ3) is 12.3. The van der Waals surface area contributed by atoms with Crippen molar-refractivity contribution in [3.8, 4) is 16.9 Å². The normalized spacial score (nSPS) is 17.7. The Bertz CT molecular complexity index is 2340. The fourth-order valence-electron chi connectivity index (χ4n) is 7.25. The summed E-state index contributed by atoms with van der Waals surface area (Å²) >= 11 is 3.45. The number of rotatable bonds is 7. The van der Waals surface area contributed by atoms with E-state index in [1.165, 1.54) is 12.4 Å². The Labute approximate surface area is 387 Å². The molecule has 4 heterocycles. The van der Waals surface area contributed by atoms with Gasteiger partial charge in [0.1, 0.15) is 11.4 Å². The van der Waals surface area contributed by atoms with Crippen molar-refractivity contribution < 1.29 is 47.9 Å². The molecule has 2 aromatic heterocycles. The zero-order valence-corrected chi connectivity index (χ0v) is 39.8. The van der Waals surface area contributed by atoms with E-state index in [0.29, 0.717) is 26.5 Å². The lowest BCUT2D eigenvalue weighted by Gasteiger charge is -2.41. The lowest BCUT2D eigenvalue weighted by Crippen LogP contribution is -2.52. The molecule has 2 fully saturated rings. The van der Waals surface area contributed by atoms with Gasteiger partial charge < -0.3 is 33.7 Å². The number of hydrogen-bond acceptors (Lipinski definition) is 12. The molecule has 347 valence electrons. The zero-order chi connectivity index (χ0) is 47.3. The molecule has 18 nitrogen and oxygen atoms in total. The number of carbonyl (C=O) groups is 5. The van der Waals surface area contributed by atoms with Crippen molar-refractivity contribution in [2.24, 2.45) is 11.8 Å². The van der Waals surface area contributed by atoms with Crippen molar-refractivity contribution in [3.63, 3.8) is 0 Å². The number of halogens is 1. The van der Waals surface area contributed by atoms with E-state index in [9.17, 15) is 24.0 Å². The minimum Gasteiger partial charge on any atom is -0.535 e. The number of nitrogens with zero attached hydrogens (tertiary/aromatic N) is 7. The topological polar surface area (TPSA) is 202 Å². The van der Waals surface area contributed by atoms with Gasteiger partial charge in [-0.3, -0.25) is 24.5 Å². The second-order valence-electron chi connectivity index (χ2n) is 17.9. The van der Waals surface area contributed by atoms with E-state index in [0.717, 1.165) is 63.0 Å². The largest absolute Gasteiger partial charge is 0.569 e. The van der Waals surface area contributed by atoms with Gasteiger partial charge in [0.15, 0.2) is 0 Å². The van der Waals surface area contributed by atoms with Gasteiger partial charge >= 0.3 is 26.0 Å². The maximum atomic E-state index is 12.9. The van der Waals surface area contributed by atoms with Crippen molar-refractivity contribution in [3.05, 3.63) is 65.7 Å². The van der Waals surface area contributed by atoms with Gasteiger partial charge in [0.25, 0.3) is 0 Å². The maximum absolute atomic E-state index is 12.9. The lowest BCUT2D eigenvalue weighted by atomic mass is 10.0. The molecule has 2 aliphatic carbocycles. The van der Waals surface area contributed by atoms with E-state index in [4.69, 9.17) is 19.2 Å². The van der Waals surface area contributed by atoms with Crippen LogP contribution in [0.25, 0.3) is 11.1 Å². The summed E-state index contributed by atoms with van der Waals surface area (Å²) in [6.45, 7) is 17.4. The van der Waals surface area contributed by atoms with Gasteiger partial charge in [-0.1, -0.05) is 22.0 Å². The number of hydrogen-bond donors (Lipinski definition) is 2. The first kappa shape index (κ1) is 48.6. The van der Waals surface area contributed by atoms with Crippen LogP contribution in [0.2, 0.25) is 0 Å². The first-order valence-corrected chi connectivity index (χ1v) is 22.5. The van der Waals surface area contributed by atoms with E-state index < -0.39 is 11.7 Å². The minimum absolute atomic E-state index is 0.0727. The van der Waals surface area contributed by atoms with Gasteiger partial charge in [-0.15, -0.1) is 0 Å². The summed E-state index contributed by atoms with van der Waals surface area (Å²) in [6, 6.07) is 11.3. The molecule has 4 aromatic rings. The molecule has 65 heavy (non-hydrogen) atoms. The highest BCUT2D eigenvalue weighted by molar-refractivity contribution is 9.10. The number of aromatic amines is 1. The van der Waals surface area contributed by atoms with Crippen LogP contribution < -0.4 is 24.3 Å². The Balaban J connectivity index is 0.000000168. The molecule has 2 saturated carbocycles. The number of carbonyl (C=O) groups excluding carboxylic acids is 5. The highest BCUT2D eigenvalue weighted by Crippen LogP contribution is 2.44. The summed E-state index contributed by atoms with van der Waals surface area (Å²) in [6.07, 6.45) is 8.21. The Morgan fingerprint density at radius 3 is 1.74 bits per heavy atom. The molecule has 2 N–H and O–H groups in total. The quantitative estimate of drug-likeness (QED) is 0.133. The van der Waals surface area contributed by atoms with Crippen molar-refractivity contribution >= 4 is 76.5 Å². The van der Waals surface area contributed by atoms with Crippen LogP contribution >= 0.6 is 15.9 Å². The molecular formula is C45H57BBrN8O10. The number of benzene rings is 2. The van der Waals surface area contributed by atoms with Crippen LogP contribution in [0.5, 0.6) is 5.75 Å². The minimum atomic E-state index is -0.602. The van der Waals surface area contributed by atoms with E-state index in [1.807, 2.05) is 87.7 Å². The number of nitrogens with one attached hydrogen (secondary N) is 1. The summed E-state index contributed by atoms with van der Waals surface area (Å²) in [4.78, 5) is 69.1. The third-order valence-electron chi connectivity index (χ3n) is 10.4. The Morgan fingerprint density at radius 1 is 0.754 bits per heavy atom. The third-order valence-corrected chi connectivity index (χ3v) is 10.9. The second kappa shape index (κ2) is 20.5. The Hall–Kier alpha value is -5.89. The van der Waals surface area contributed by atoms with Gasteiger partial charge in [0.2, 0.25) is 11.8 Å². The van der Waals surface area contributed by atoms with Crippen molar-refractivity contribution in [2.45, 2.75) is 118 Å². The van der Waals surface area contributed by atoms with Crippen LogP contribution in [0.15, 0.2) is 65.7 Å². The number of anilines is 4. The smallest absolute Gasteiger partial charge is 0.535 e. The molecule has 1 radical (unpaired) electrons. The number of amides is 4. The Morgan fingerprint density at radius 2 is 1.28 bits per heavy atom. The molecule has 0 saturated heterocycles. The summed E-state index contributed by atoms with van der Waals surface area (Å²) in [5.74, 6) is 0.823. The maximum Gasteiger partial charge on any atom is 0.569 e. The molecule has 4 aliphatic rings. The van der Waals surface area contributed by atoms with Gasteiger partial charge in [0.05, 0.1) is 65.6 Å². The molecule has 0 bridgehead atoms. The number of ether oxygens (including phenoxy) is 3. The van der Waals surface area contributed by atoms with E-state index in [-0.39, 0.29) is 65.9 Å². The molecule has 0 spiro atoms. The standard InChI is InChI=1S/C20H24N4O3.C17H21BrN2O3.C8H12BN2O4/c1-12(2)27-20(26)23-11-13(3)24(19(25)14-4-5-14)17-7-6-15(8-18(17)23)16-9-21-22-10-16;1-10(2)23-17(22)19-9-11(3)20(16(21)12-4-5-12)14-7-6-13(18)8-15(14)19;1-8(2,3)14-7(12)11-5-6(4-10-11)15-9-13/h6-10,12-14H,4-5,11H2,1-3H3,(H,21,22);6-8,10-12H,4-5,9H2,1-3H3;4-5,13H,1-3H3/t13-;11-;/m00./s1. The van der Waals surface area contributed by atoms with Gasteiger partial charge in [-0.2, -0.15) is 14.9 Å². The van der Waals surface area contributed by atoms with Crippen molar-refractivity contribution in [1.29, 1.82) is 0 Å². The molecule has 8 rings (SSSR count). The van der Waals surface area contributed by atoms with Gasteiger partial charge in [0, 0.05) is 41.2 Å². The number of fused-ring (bicyclic) bond motifs is 2. The van der Waals surface area contributed by atoms with E-state index in [2.05, 4.69) is 35.9 Å². The SMILES string of the molecule is CC(C)(C)OC(=O)n1cc(O[B]O)cn1.CC(C)OC(=O)N1C[C@H](C)N(C(=O)C2CC2)c2ccc(-c3cn[nH]c3)cc21.CC(C)OC(=O)N1C[C@H](C)N(C(=O)C2CC2)c2ccc(Br)cc21. The molecule has 2 aromatic carbocycles. The highest BCUT2D eigenvalue weighted by atomic mass is 79.9.